The molecule has 0 aromatic carbocycles. The summed E-state index contributed by atoms with van der Waals surface area (Å²) >= 11 is 5.44. The average Bonchev–Trinajstić information content (AvgIpc) is 2.13. The van der Waals surface area contributed by atoms with Gasteiger partial charge in [-0.25, -0.2) is 4.79 Å². The second-order valence-electron chi connectivity index (χ2n) is 2.71. The Labute approximate surface area is 88.4 Å². The number of nitrogens with one attached hydrogen (secondary N) is 2. The number of hydrogen-bond donors (Lipinski definition) is 2. The third kappa shape index (κ3) is 4.73. The van der Waals surface area contributed by atoms with Gasteiger partial charge in [-0.15, -0.1) is 18.0 Å². The Morgan fingerprint density at radius 2 is 2.14 bits per heavy atom. The topological polar surface area (TPSA) is 58.2 Å². The highest BCUT2D eigenvalue weighted by atomic mass is 35.5. The summed E-state index contributed by atoms with van der Waals surface area (Å²) in [6, 6.07) is -0.985. The predicted octanol–water partition coefficient (Wildman–Crippen LogP) is 0.851. The van der Waals surface area contributed by atoms with E-state index in [1.807, 2.05) is 6.92 Å². The Morgan fingerprint density at radius 1 is 1.57 bits per heavy atom. The van der Waals surface area contributed by atoms with Crippen LogP contribution in [0.1, 0.15) is 20.3 Å². The first kappa shape index (κ1) is 12.8. The molecule has 0 fully saturated rings. The molecule has 0 saturated heterocycles. The van der Waals surface area contributed by atoms with E-state index in [0.29, 0.717) is 6.42 Å². The van der Waals surface area contributed by atoms with Gasteiger partial charge in [-0.2, -0.15) is 0 Å². The Kier molecular flexibility index (Phi) is 5.73. The Morgan fingerprint density at radius 3 is 2.50 bits per heavy atom. The number of urea groups is 1. The summed E-state index contributed by atoms with van der Waals surface area (Å²) in [7, 11) is 0. The summed E-state index contributed by atoms with van der Waals surface area (Å²) < 4.78 is 0. The van der Waals surface area contributed by atoms with Crippen molar-refractivity contribution in [1.82, 2.24) is 10.6 Å². The van der Waals surface area contributed by atoms with Gasteiger partial charge >= 0.3 is 6.03 Å². The van der Waals surface area contributed by atoms with Crippen LogP contribution in [0.15, 0.2) is 0 Å². The van der Waals surface area contributed by atoms with Crippen LogP contribution in [0.5, 0.6) is 0 Å². The molecule has 2 unspecified atom stereocenters. The minimum absolute atomic E-state index is 0.367. The lowest BCUT2D eigenvalue weighted by molar-refractivity contribution is -0.119. The predicted molar refractivity (Wildman–Crippen MR) is 54.9 cm³/mol. The number of amides is 3. The van der Waals surface area contributed by atoms with Crippen LogP contribution in [0, 0.1) is 12.3 Å². The van der Waals surface area contributed by atoms with E-state index in [4.69, 9.17) is 18.0 Å². The van der Waals surface area contributed by atoms with Gasteiger partial charge < -0.3 is 5.32 Å². The van der Waals surface area contributed by atoms with E-state index in [-0.39, 0.29) is 6.04 Å². The molecule has 0 saturated carbocycles. The SMILES string of the molecule is C#CC(CC)NC(=O)NC(=O)C(C)Cl. The van der Waals surface area contributed by atoms with Crippen LogP contribution in [0.3, 0.4) is 0 Å². The van der Waals surface area contributed by atoms with Gasteiger partial charge in [0.25, 0.3) is 0 Å². The maximum atomic E-state index is 11.1. The van der Waals surface area contributed by atoms with Gasteiger partial charge in [-0.05, 0) is 13.3 Å². The van der Waals surface area contributed by atoms with Crippen LogP contribution in [0.4, 0.5) is 4.79 Å². The van der Waals surface area contributed by atoms with Crippen LogP contribution in [-0.4, -0.2) is 23.4 Å². The molecule has 2 atom stereocenters. The van der Waals surface area contributed by atoms with Crippen molar-refractivity contribution in [2.24, 2.45) is 0 Å². The van der Waals surface area contributed by atoms with Crippen molar-refractivity contribution in [2.75, 3.05) is 0 Å². The van der Waals surface area contributed by atoms with E-state index in [1.54, 1.807) is 0 Å². The van der Waals surface area contributed by atoms with Gasteiger partial charge in [0.1, 0.15) is 5.38 Å². The van der Waals surface area contributed by atoms with E-state index in [0.717, 1.165) is 0 Å². The number of carbonyl (C=O) groups is 2. The molecule has 4 nitrogen and oxygen atoms in total. The minimum Gasteiger partial charge on any atom is -0.324 e. The molecule has 78 valence electrons. The highest BCUT2D eigenvalue weighted by Crippen LogP contribution is 1.92. The molecular weight excluding hydrogens is 204 g/mol. The highest BCUT2D eigenvalue weighted by Gasteiger charge is 2.14. The van der Waals surface area contributed by atoms with E-state index >= 15 is 0 Å². The van der Waals surface area contributed by atoms with Crippen LogP contribution in [0.25, 0.3) is 0 Å². The largest absolute Gasteiger partial charge is 0.324 e. The van der Waals surface area contributed by atoms with Crippen LogP contribution >= 0.6 is 11.6 Å². The number of imide groups is 1. The summed E-state index contributed by atoms with van der Waals surface area (Å²) in [5.74, 6) is 1.82. The van der Waals surface area contributed by atoms with Crippen LogP contribution in [0.2, 0.25) is 0 Å². The van der Waals surface area contributed by atoms with Crippen LogP contribution in [-0.2, 0) is 4.79 Å². The molecule has 0 aliphatic carbocycles. The summed E-state index contributed by atoms with van der Waals surface area (Å²) in [5.41, 5.74) is 0. The third-order valence-electron chi connectivity index (χ3n) is 1.51. The molecule has 0 aromatic heterocycles. The Bertz CT molecular complexity index is 258. The molecule has 0 heterocycles. The fourth-order valence-corrected chi connectivity index (χ4v) is 0.722. The summed E-state index contributed by atoms with van der Waals surface area (Å²) in [6.45, 7) is 3.31. The van der Waals surface area contributed by atoms with Crippen molar-refractivity contribution >= 4 is 23.5 Å². The Balaban J connectivity index is 3.99. The number of terminal acetylenes is 1. The van der Waals surface area contributed by atoms with Gasteiger partial charge in [-0.3, -0.25) is 10.1 Å². The molecule has 0 aliphatic heterocycles. The van der Waals surface area contributed by atoms with E-state index < -0.39 is 17.3 Å². The van der Waals surface area contributed by atoms with Gasteiger partial charge in [-0.1, -0.05) is 12.8 Å². The molecule has 2 N–H and O–H groups in total. The maximum absolute atomic E-state index is 11.1. The van der Waals surface area contributed by atoms with Crippen molar-refractivity contribution in [3.63, 3.8) is 0 Å². The lowest BCUT2D eigenvalue weighted by atomic mass is 10.2. The first-order valence-electron chi connectivity index (χ1n) is 4.22. The molecule has 0 aliphatic rings. The molecule has 14 heavy (non-hydrogen) atoms. The van der Waals surface area contributed by atoms with Gasteiger partial charge in [0.2, 0.25) is 5.91 Å². The van der Waals surface area contributed by atoms with E-state index in [9.17, 15) is 9.59 Å². The number of carbonyl (C=O) groups excluding carboxylic acids is 2. The standard InChI is InChI=1S/C9H13ClN2O2/c1-4-7(5-2)11-9(14)12-8(13)6(3)10/h1,6-7H,5H2,2-3H3,(H2,11,12,13,14). The summed E-state index contributed by atoms with van der Waals surface area (Å²) in [4.78, 5) is 22.0. The summed E-state index contributed by atoms with van der Waals surface area (Å²) in [6.07, 6.45) is 5.72. The first-order valence-corrected chi connectivity index (χ1v) is 4.66. The smallest absolute Gasteiger partial charge is 0.322 e. The fourth-order valence-electron chi connectivity index (χ4n) is 0.667. The average molecular weight is 217 g/mol. The van der Waals surface area contributed by atoms with Crippen molar-refractivity contribution in [1.29, 1.82) is 0 Å². The second-order valence-corrected chi connectivity index (χ2v) is 3.36. The third-order valence-corrected chi connectivity index (χ3v) is 1.71. The minimum atomic E-state index is -0.744. The van der Waals surface area contributed by atoms with E-state index in [1.165, 1.54) is 6.92 Å². The van der Waals surface area contributed by atoms with Crippen molar-refractivity contribution in [2.45, 2.75) is 31.7 Å². The lowest BCUT2D eigenvalue weighted by Crippen LogP contribution is -2.45. The van der Waals surface area contributed by atoms with Crippen molar-refractivity contribution < 1.29 is 9.59 Å². The number of alkyl halides is 1. The maximum Gasteiger partial charge on any atom is 0.322 e. The lowest BCUT2D eigenvalue weighted by Gasteiger charge is -2.11. The van der Waals surface area contributed by atoms with Gasteiger partial charge in [0, 0.05) is 0 Å². The quantitative estimate of drug-likeness (QED) is 0.543. The molecule has 0 spiro atoms. The number of halogens is 1. The highest BCUT2D eigenvalue weighted by molar-refractivity contribution is 6.31. The molecule has 0 radical (unpaired) electrons. The molecule has 5 heteroatoms. The zero-order valence-electron chi connectivity index (χ0n) is 8.13. The van der Waals surface area contributed by atoms with Crippen molar-refractivity contribution in [3.05, 3.63) is 0 Å². The van der Waals surface area contributed by atoms with Gasteiger partial charge in [0.05, 0.1) is 6.04 Å². The Hall–Kier alpha value is -1.21. The molecular formula is C9H13ClN2O2. The monoisotopic (exact) mass is 216 g/mol. The number of rotatable bonds is 3. The zero-order chi connectivity index (χ0) is 11.1. The first-order chi connectivity index (χ1) is 6.51. The van der Waals surface area contributed by atoms with Crippen molar-refractivity contribution in [3.8, 4) is 12.3 Å². The fraction of sp³-hybridized carbons (Fsp3) is 0.556. The second kappa shape index (κ2) is 6.28. The number of hydrogen-bond acceptors (Lipinski definition) is 2. The van der Waals surface area contributed by atoms with Crippen LogP contribution < -0.4 is 10.6 Å². The van der Waals surface area contributed by atoms with E-state index in [2.05, 4.69) is 16.6 Å². The summed E-state index contributed by atoms with van der Waals surface area (Å²) in [5, 5.41) is 3.75. The zero-order valence-corrected chi connectivity index (χ0v) is 8.89. The molecule has 0 rings (SSSR count). The normalized spacial score (nSPS) is 13.6. The molecule has 0 aromatic rings. The van der Waals surface area contributed by atoms with Gasteiger partial charge in [0.15, 0.2) is 0 Å². The molecule has 3 amide bonds. The molecule has 0 bridgehead atoms.